The summed E-state index contributed by atoms with van der Waals surface area (Å²) in [6, 6.07) is 8.84. The van der Waals surface area contributed by atoms with Crippen molar-refractivity contribution in [3.8, 4) is 0 Å². The van der Waals surface area contributed by atoms with Gasteiger partial charge in [0.2, 0.25) is 0 Å². The molecule has 1 N–H and O–H groups in total. The molecule has 2 aliphatic heterocycles. The number of likely N-dealkylation sites (N-methyl/N-ethyl adjacent to an activating group) is 1. The van der Waals surface area contributed by atoms with Gasteiger partial charge < -0.3 is 14.9 Å². The minimum atomic E-state index is -3.11. The third-order valence-electron chi connectivity index (χ3n) is 9.57. The standard InChI is InChI=1S/C34H44N2O3.O3S/c1-10-35-28-16-26-24(14-22(28)20(2)18-32(35,4)5)31(39)25-15-23-21(3)19-33(6,7)36(13-11-12-30(37)38)29(23)17-27(25)34(26,8)9;1-4(2)3/h14-18,21H,10-13,19H2,1-9H3,(H,37,38);. The Balaban J connectivity index is 0.000000996. The number of hydrogen-bond donors (Lipinski definition) is 1. The highest BCUT2D eigenvalue weighted by atomic mass is 32.2. The summed E-state index contributed by atoms with van der Waals surface area (Å²) < 4.78 is 25.3. The lowest BCUT2D eigenvalue weighted by molar-refractivity contribution is -0.137. The van der Waals surface area contributed by atoms with Gasteiger partial charge in [-0.3, -0.25) is 9.59 Å². The van der Waals surface area contributed by atoms with Crippen molar-refractivity contribution in [2.45, 2.75) is 104 Å². The van der Waals surface area contributed by atoms with Crippen LogP contribution in [0.4, 0.5) is 11.4 Å². The lowest BCUT2D eigenvalue weighted by atomic mass is 9.66. The van der Waals surface area contributed by atoms with E-state index in [-0.39, 0.29) is 28.7 Å². The first kappa shape index (κ1) is 32.5. The zero-order valence-corrected chi connectivity index (χ0v) is 27.6. The van der Waals surface area contributed by atoms with Crippen LogP contribution in [0.3, 0.4) is 0 Å². The minimum absolute atomic E-state index is 0.0992. The molecular weight excluding hydrogens is 564 g/mol. The zero-order valence-electron chi connectivity index (χ0n) is 26.8. The third kappa shape index (κ3) is 5.76. The number of carbonyl (C=O) groups is 2. The molecule has 2 heterocycles. The Morgan fingerprint density at radius 1 is 0.930 bits per heavy atom. The number of ketones is 1. The molecule has 0 saturated heterocycles. The van der Waals surface area contributed by atoms with Crippen molar-refractivity contribution in [3.05, 3.63) is 63.7 Å². The van der Waals surface area contributed by atoms with Crippen LogP contribution in [0.15, 0.2) is 30.3 Å². The molecule has 0 saturated carbocycles. The molecule has 232 valence electrons. The highest BCUT2D eigenvalue weighted by molar-refractivity contribution is 7.59. The molecule has 0 fully saturated rings. The van der Waals surface area contributed by atoms with Crippen LogP contribution in [0, 0.1) is 0 Å². The van der Waals surface area contributed by atoms with Crippen LogP contribution < -0.4 is 9.80 Å². The van der Waals surface area contributed by atoms with Gasteiger partial charge in [0, 0.05) is 58.5 Å². The van der Waals surface area contributed by atoms with Crippen molar-refractivity contribution in [3.63, 3.8) is 0 Å². The van der Waals surface area contributed by atoms with E-state index in [9.17, 15) is 14.7 Å². The number of nitrogens with zero attached hydrogens (tertiary/aromatic N) is 2. The second-order valence-corrected chi connectivity index (χ2v) is 14.2. The molecular formula is C34H44N2O6S. The summed E-state index contributed by atoms with van der Waals surface area (Å²) in [5, 5.41) is 9.27. The lowest BCUT2D eigenvalue weighted by Crippen LogP contribution is -2.49. The second kappa shape index (κ2) is 11.2. The zero-order chi connectivity index (χ0) is 32.2. The van der Waals surface area contributed by atoms with Crippen molar-refractivity contribution < 1.29 is 27.3 Å². The number of aliphatic carboxylic acids is 1. The Morgan fingerprint density at radius 3 is 2.05 bits per heavy atom. The van der Waals surface area contributed by atoms with Crippen molar-refractivity contribution >= 4 is 39.3 Å². The Kier molecular flexibility index (Phi) is 8.48. The normalized spacial score (nSPS) is 20.4. The number of carboxylic acid groups (broad SMARTS) is 1. The van der Waals surface area contributed by atoms with Crippen LogP contribution >= 0.6 is 0 Å². The molecule has 43 heavy (non-hydrogen) atoms. The first-order valence-electron chi connectivity index (χ1n) is 15.0. The van der Waals surface area contributed by atoms with Gasteiger partial charge >= 0.3 is 16.6 Å². The van der Waals surface area contributed by atoms with Crippen molar-refractivity contribution in [2.24, 2.45) is 0 Å². The molecule has 0 bridgehead atoms. The molecule has 9 heteroatoms. The number of carbonyl (C=O) groups excluding carboxylic acids is 1. The molecule has 3 aliphatic rings. The predicted molar refractivity (Wildman–Crippen MR) is 170 cm³/mol. The van der Waals surface area contributed by atoms with Crippen LogP contribution in [0.1, 0.15) is 126 Å². The number of benzene rings is 2. The number of hydrogen-bond acceptors (Lipinski definition) is 7. The number of carboxylic acids is 1. The molecule has 0 amide bonds. The van der Waals surface area contributed by atoms with E-state index >= 15 is 0 Å². The van der Waals surface area contributed by atoms with E-state index in [1.165, 1.54) is 16.8 Å². The predicted octanol–water partition coefficient (Wildman–Crippen LogP) is 6.53. The first-order valence-corrected chi connectivity index (χ1v) is 16.0. The van der Waals surface area contributed by atoms with Crippen molar-refractivity contribution in [2.75, 3.05) is 22.9 Å². The van der Waals surface area contributed by atoms with Gasteiger partial charge in [0.15, 0.2) is 5.78 Å². The van der Waals surface area contributed by atoms with E-state index in [0.717, 1.165) is 46.5 Å². The molecule has 1 aliphatic carbocycles. The Bertz CT molecular complexity index is 1630. The van der Waals surface area contributed by atoms with Crippen LogP contribution in [-0.2, 0) is 20.8 Å². The number of anilines is 2. The second-order valence-electron chi connectivity index (χ2n) is 13.8. The Hall–Kier alpha value is -3.46. The van der Waals surface area contributed by atoms with E-state index in [4.69, 9.17) is 12.6 Å². The molecule has 0 aromatic heterocycles. The first-order chi connectivity index (χ1) is 19.8. The van der Waals surface area contributed by atoms with E-state index in [2.05, 4.69) is 102 Å². The maximum absolute atomic E-state index is 14.2. The molecule has 2 aromatic rings. The van der Waals surface area contributed by atoms with Gasteiger partial charge in [0.05, 0.1) is 5.54 Å². The molecule has 8 nitrogen and oxygen atoms in total. The van der Waals surface area contributed by atoms with E-state index < -0.39 is 16.6 Å². The van der Waals surface area contributed by atoms with Crippen LogP contribution in [-0.4, -0.2) is 53.7 Å². The SMILES string of the molecule is CCN1c2cc3c(cc2C(C)=CC1(C)C)C(=O)c1cc2c(cc1C3(C)C)N(CCCC(=O)O)C(C)(C)CC2C.O=S(=O)=O. The Labute approximate surface area is 256 Å². The topological polar surface area (TPSA) is 112 Å². The van der Waals surface area contributed by atoms with Gasteiger partial charge in [-0.25, -0.2) is 0 Å². The quantitative estimate of drug-likeness (QED) is 0.408. The molecule has 1 atom stereocenters. The highest BCUT2D eigenvalue weighted by Gasteiger charge is 2.43. The fraction of sp³-hybridized carbons (Fsp3) is 0.529. The van der Waals surface area contributed by atoms with Crippen LogP contribution in [0.25, 0.3) is 5.57 Å². The molecule has 0 radical (unpaired) electrons. The summed E-state index contributed by atoms with van der Waals surface area (Å²) in [6.07, 6.45) is 4.02. The molecule has 5 rings (SSSR count). The van der Waals surface area contributed by atoms with Gasteiger partial charge in [-0.1, -0.05) is 26.8 Å². The fourth-order valence-corrected chi connectivity index (χ4v) is 7.74. The maximum atomic E-state index is 14.2. The minimum Gasteiger partial charge on any atom is -0.481 e. The molecule has 2 aromatic carbocycles. The van der Waals surface area contributed by atoms with Gasteiger partial charge in [0.1, 0.15) is 0 Å². The van der Waals surface area contributed by atoms with Gasteiger partial charge in [-0.05, 0) is 107 Å². The number of allylic oxidation sites excluding steroid dienone is 1. The Morgan fingerprint density at radius 2 is 1.49 bits per heavy atom. The average Bonchev–Trinajstić information content (AvgIpc) is 2.87. The highest BCUT2D eigenvalue weighted by Crippen LogP contribution is 2.51. The van der Waals surface area contributed by atoms with Crippen LogP contribution in [0.5, 0.6) is 0 Å². The van der Waals surface area contributed by atoms with Crippen LogP contribution in [0.2, 0.25) is 0 Å². The van der Waals surface area contributed by atoms with Gasteiger partial charge in [-0.2, -0.15) is 0 Å². The summed E-state index contributed by atoms with van der Waals surface area (Å²) in [6.45, 7) is 21.7. The van der Waals surface area contributed by atoms with Gasteiger partial charge in [-0.15, -0.1) is 12.6 Å². The largest absolute Gasteiger partial charge is 0.481 e. The average molecular weight is 609 g/mol. The number of fused-ring (bicyclic) bond motifs is 4. The summed E-state index contributed by atoms with van der Waals surface area (Å²) in [7, 11) is -3.11. The monoisotopic (exact) mass is 608 g/mol. The van der Waals surface area contributed by atoms with Gasteiger partial charge in [0.25, 0.3) is 0 Å². The summed E-state index contributed by atoms with van der Waals surface area (Å²) in [4.78, 5) is 30.3. The number of rotatable bonds is 5. The molecule has 0 spiro atoms. The third-order valence-corrected chi connectivity index (χ3v) is 9.57. The summed E-state index contributed by atoms with van der Waals surface area (Å²) in [5.74, 6) is -0.340. The maximum Gasteiger partial charge on any atom is 0.425 e. The summed E-state index contributed by atoms with van der Waals surface area (Å²) >= 11 is 0. The van der Waals surface area contributed by atoms with E-state index in [0.29, 0.717) is 18.9 Å². The summed E-state index contributed by atoms with van der Waals surface area (Å²) in [5.41, 5.74) is 9.15. The van der Waals surface area contributed by atoms with E-state index in [1.54, 1.807) is 0 Å². The van der Waals surface area contributed by atoms with Crippen molar-refractivity contribution in [1.82, 2.24) is 0 Å². The molecule has 1 unspecified atom stereocenters. The van der Waals surface area contributed by atoms with Crippen molar-refractivity contribution in [1.29, 1.82) is 0 Å². The van der Waals surface area contributed by atoms with E-state index in [1.807, 2.05) is 0 Å². The fourth-order valence-electron chi connectivity index (χ4n) is 7.74. The smallest absolute Gasteiger partial charge is 0.425 e. The lowest BCUT2D eigenvalue weighted by Gasteiger charge is -2.49.